The Bertz CT molecular complexity index is 1630. The molecular weight excluding hydrogens is 500 g/mol. The maximum absolute atomic E-state index is 13.7. The Morgan fingerprint density at radius 1 is 0.972 bits per heavy atom. The summed E-state index contributed by atoms with van der Waals surface area (Å²) in [6.07, 6.45) is 1.57. The van der Waals surface area contributed by atoms with Gasteiger partial charge in [0, 0.05) is 22.2 Å². The number of thiazole rings is 1. The number of nitro groups is 1. The summed E-state index contributed by atoms with van der Waals surface area (Å²) in [5.41, 5.74) is 1.44. The van der Waals surface area contributed by atoms with E-state index in [4.69, 9.17) is 9.47 Å². The SMILES string of the molecule is COc1ccc(/C=N/N(C(=O)c2cc3cc([N+](=O)[O-])ccc3s2)c2nc3ccc(OC)cc3s2)cc1. The highest BCUT2D eigenvalue weighted by Gasteiger charge is 2.23. The van der Waals surface area contributed by atoms with Gasteiger partial charge in [0.1, 0.15) is 11.5 Å². The van der Waals surface area contributed by atoms with Gasteiger partial charge in [-0.05, 0) is 60.2 Å². The minimum atomic E-state index is -0.459. The first-order valence-electron chi connectivity index (χ1n) is 10.6. The molecule has 0 N–H and O–H groups in total. The molecule has 0 radical (unpaired) electrons. The van der Waals surface area contributed by atoms with Gasteiger partial charge in [-0.1, -0.05) is 11.3 Å². The molecule has 0 unspecified atom stereocenters. The van der Waals surface area contributed by atoms with Gasteiger partial charge in [-0.25, -0.2) is 4.98 Å². The van der Waals surface area contributed by atoms with Crippen molar-refractivity contribution in [2.45, 2.75) is 0 Å². The Kier molecular flexibility index (Phi) is 6.32. The van der Waals surface area contributed by atoms with Crippen LogP contribution >= 0.6 is 22.7 Å². The standard InChI is InChI=1S/C25H18N4O5S2/c1-33-18-6-3-15(4-7-18)14-26-28(25-27-20-9-8-19(34-2)13-22(20)36-25)24(30)23-12-16-11-17(29(31)32)5-10-21(16)35-23/h3-14H,1-2H3/b26-14+. The number of carbonyl (C=O) groups excluding carboxylic acids is 1. The zero-order valence-electron chi connectivity index (χ0n) is 19.1. The average molecular weight is 519 g/mol. The van der Waals surface area contributed by atoms with Crippen LogP contribution in [0, 0.1) is 10.1 Å². The van der Waals surface area contributed by atoms with Gasteiger partial charge in [0.05, 0.1) is 40.5 Å². The number of anilines is 1. The van der Waals surface area contributed by atoms with Crippen molar-refractivity contribution in [1.29, 1.82) is 0 Å². The van der Waals surface area contributed by atoms with Crippen molar-refractivity contribution in [3.05, 3.63) is 87.3 Å². The minimum Gasteiger partial charge on any atom is -0.497 e. The molecule has 9 nitrogen and oxygen atoms in total. The molecule has 0 atom stereocenters. The van der Waals surface area contributed by atoms with Gasteiger partial charge in [0.15, 0.2) is 0 Å². The van der Waals surface area contributed by atoms with Gasteiger partial charge in [-0.2, -0.15) is 10.1 Å². The van der Waals surface area contributed by atoms with Crippen LogP contribution in [0.25, 0.3) is 20.3 Å². The van der Waals surface area contributed by atoms with Crippen molar-refractivity contribution in [1.82, 2.24) is 4.98 Å². The number of hydrazone groups is 1. The van der Waals surface area contributed by atoms with E-state index in [1.165, 1.54) is 39.8 Å². The van der Waals surface area contributed by atoms with Gasteiger partial charge < -0.3 is 9.47 Å². The van der Waals surface area contributed by atoms with E-state index < -0.39 is 10.8 Å². The summed E-state index contributed by atoms with van der Waals surface area (Å²) in [5, 5.41) is 17.9. The van der Waals surface area contributed by atoms with Crippen LogP contribution in [0.1, 0.15) is 15.2 Å². The Morgan fingerprint density at radius 2 is 1.72 bits per heavy atom. The Labute approximate surface area is 213 Å². The Balaban J connectivity index is 1.56. The number of rotatable bonds is 7. The topological polar surface area (TPSA) is 107 Å². The molecule has 2 heterocycles. The summed E-state index contributed by atoms with van der Waals surface area (Å²) in [7, 11) is 3.18. The molecule has 0 aliphatic heterocycles. The number of carbonyl (C=O) groups is 1. The third-order valence-electron chi connectivity index (χ3n) is 5.32. The van der Waals surface area contributed by atoms with Crippen molar-refractivity contribution in [2.75, 3.05) is 19.2 Å². The van der Waals surface area contributed by atoms with E-state index in [1.54, 1.807) is 50.8 Å². The first-order chi connectivity index (χ1) is 17.4. The summed E-state index contributed by atoms with van der Waals surface area (Å²) in [5.74, 6) is 0.998. The lowest BCUT2D eigenvalue weighted by atomic mass is 10.2. The predicted octanol–water partition coefficient (Wildman–Crippen LogP) is 6.12. The van der Waals surface area contributed by atoms with Crippen LogP contribution < -0.4 is 14.5 Å². The van der Waals surface area contributed by atoms with E-state index in [1.807, 2.05) is 24.3 Å². The number of nitro benzene ring substituents is 1. The van der Waals surface area contributed by atoms with Crippen LogP contribution in [-0.4, -0.2) is 36.2 Å². The van der Waals surface area contributed by atoms with Crippen molar-refractivity contribution >= 4 is 65.9 Å². The second-order valence-electron chi connectivity index (χ2n) is 7.55. The second kappa shape index (κ2) is 9.72. The number of hydrogen-bond donors (Lipinski definition) is 0. The second-order valence-corrected chi connectivity index (χ2v) is 9.65. The molecule has 2 aromatic heterocycles. The molecule has 0 bridgehead atoms. The zero-order chi connectivity index (χ0) is 25.2. The van der Waals surface area contributed by atoms with Gasteiger partial charge >= 0.3 is 0 Å². The van der Waals surface area contributed by atoms with Crippen molar-refractivity contribution in [3.8, 4) is 11.5 Å². The largest absolute Gasteiger partial charge is 0.497 e. The number of benzene rings is 3. The lowest BCUT2D eigenvalue weighted by molar-refractivity contribution is -0.384. The Morgan fingerprint density at radius 3 is 2.44 bits per heavy atom. The number of fused-ring (bicyclic) bond motifs is 2. The normalized spacial score (nSPS) is 11.3. The number of aromatic nitrogens is 1. The third-order valence-corrected chi connectivity index (χ3v) is 7.42. The molecule has 180 valence electrons. The average Bonchev–Trinajstić information content (AvgIpc) is 3.52. The highest BCUT2D eigenvalue weighted by molar-refractivity contribution is 7.23. The minimum absolute atomic E-state index is 0.0335. The van der Waals surface area contributed by atoms with Crippen LogP contribution in [0.15, 0.2) is 71.8 Å². The highest BCUT2D eigenvalue weighted by atomic mass is 32.1. The van der Waals surface area contributed by atoms with Gasteiger partial charge in [-0.15, -0.1) is 11.3 Å². The van der Waals surface area contributed by atoms with Crippen molar-refractivity contribution < 1.29 is 19.2 Å². The molecule has 36 heavy (non-hydrogen) atoms. The molecular formula is C25H18N4O5S2. The van der Waals surface area contributed by atoms with Gasteiger partial charge in [0.25, 0.3) is 11.6 Å². The van der Waals surface area contributed by atoms with Crippen LogP contribution in [0.4, 0.5) is 10.8 Å². The fourth-order valence-corrected chi connectivity index (χ4v) is 5.39. The number of ether oxygens (including phenoxy) is 2. The summed E-state index contributed by atoms with van der Waals surface area (Å²) in [6, 6.07) is 18.9. The summed E-state index contributed by atoms with van der Waals surface area (Å²) in [4.78, 5) is 29.4. The first kappa shape index (κ1) is 23.4. The third kappa shape index (κ3) is 4.61. The van der Waals surface area contributed by atoms with Crippen molar-refractivity contribution in [3.63, 3.8) is 0 Å². The number of methoxy groups -OCH3 is 2. The molecule has 5 rings (SSSR count). The number of amides is 1. The first-order valence-corrected chi connectivity index (χ1v) is 12.2. The molecule has 0 aliphatic rings. The smallest absolute Gasteiger partial charge is 0.290 e. The summed E-state index contributed by atoms with van der Waals surface area (Å²) < 4.78 is 12.1. The van der Waals surface area contributed by atoms with Crippen LogP contribution in [-0.2, 0) is 0 Å². The lowest BCUT2D eigenvalue weighted by Gasteiger charge is -2.12. The predicted molar refractivity (Wildman–Crippen MR) is 142 cm³/mol. The summed E-state index contributed by atoms with van der Waals surface area (Å²) >= 11 is 2.55. The van der Waals surface area contributed by atoms with Gasteiger partial charge in [0.2, 0.25) is 5.13 Å². The molecule has 0 fully saturated rings. The monoisotopic (exact) mass is 518 g/mol. The molecule has 1 amide bonds. The van der Waals surface area contributed by atoms with E-state index in [9.17, 15) is 14.9 Å². The highest BCUT2D eigenvalue weighted by Crippen LogP contribution is 2.35. The molecule has 0 aliphatic carbocycles. The maximum atomic E-state index is 13.7. The van der Waals surface area contributed by atoms with E-state index in [-0.39, 0.29) is 5.69 Å². The molecule has 3 aromatic carbocycles. The van der Waals surface area contributed by atoms with E-state index >= 15 is 0 Å². The number of non-ortho nitro benzene ring substituents is 1. The number of thiophene rings is 1. The zero-order valence-corrected chi connectivity index (χ0v) is 20.7. The Hall–Kier alpha value is -4.35. The van der Waals surface area contributed by atoms with E-state index in [0.717, 1.165) is 15.0 Å². The summed E-state index contributed by atoms with van der Waals surface area (Å²) in [6.45, 7) is 0. The van der Waals surface area contributed by atoms with Crippen molar-refractivity contribution in [2.24, 2.45) is 5.10 Å². The maximum Gasteiger partial charge on any atom is 0.290 e. The molecule has 11 heteroatoms. The quantitative estimate of drug-likeness (QED) is 0.146. The number of hydrogen-bond acceptors (Lipinski definition) is 9. The van der Waals surface area contributed by atoms with E-state index in [0.29, 0.717) is 32.4 Å². The fraction of sp³-hybridized carbons (Fsp3) is 0.0800. The molecule has 0 spiro atoms. The molecule has 0 saturated heterocycles. The van der Waals surface area contributed by atoms with E-state index in [2.05, 4.69) is 10.1 Å². The fourth-order valence-electron chi connectivity index (χ4n) is 3.47. The molecule has 5 aromatic rings. The number of nitrogens with zero attached hydrogens (tertiary/aromatic N) is 4. The molecule has 0 saturated carbocycles. The van der Waals surface area contributed by atoms with Crippen LogP contribution in [0.3, 0.4) is 0 Å². The van der Waals surface area contributed by atoms with Crippen LogP contribution in [0.5, 0.6) is 11.5 Å². The van der Waals surface area contributed by atoms with Crippen LogP contribution in [0.2, 0.25) is 0 Å². The van der Waals surface area contributed by atoms with Gasteiger partial charge in [-0.3, -0.25) is 14.9 Å². The lowest BCUT2D eigenvalue weighted by Crippen LogP contribution is -2.24.